The first-order valence-electron chi connectivity index (χ1n) is 9.40. The molecule has 1 saturated heterocycles. The minimum atomic E-state index is 0.0651. The Kier molecular flexibility index (Phi) is 5.57. The van der Waals surface area contributed by atoms with Gasteiger partial charge in [0.25, 0.3) is 0 Å². The van der Waals surface area contributed by atoms with Crippen molar-refractivity contribution in [1.29, 1.82) is 0 Å². The SMILES string of the molecule is CNC(=O)CN1C[C@@H](NC(=O)C2CCCCCC2)[C@H](C2CC2)C1. The van der Waals surface area contributed by atoms with E-state index in [-0.39, 0.29) is 23.8 Å². The summed E-state index contributed by atoms with van der Waals surface area (Å²) >= 11 is 0. The predicted octanol–water partition coefficient (Wildman–Crippen LogP) is 1.53. The highest BCUT2D eigenvalue weighted by atomic mass is 16.2. The molecule has 3 fully saturated rings. The van der Waals surface area contributed by atoms with Gasteiger partial charge in [0.05, 0.1) is 6.54 Å². The summed E-state index contributed by atoms with van der Waals surface area (Å²) in [6.45, 7) is 2.23. The summed E-state index contributed by atoms with van der Waals surface area (Å²) in [6.07, 6.45) is 9.61. The molecular formula is C18H31N3O2. The molecule has 1 heterocycles. The highest BCUT2D eigenvalue weighted by Crippen LogP contribution is 2.41. The monoisotopic (exact) mass is 321 g/mol. The van der Waals surface area contributed by atoms with Crippen LogP contribution in [0.1, 0.15) is 51.4 Å². The van der Waals surface area contributed by atoms with Crippen molar-refractivity contribution in [3.05, 3.63) is 0 Å². The lowest BCUT2D eigenvalue weighted by molar-refractivity contribution is -0.126. The number of amides is 2. The van der Waals surface area contributed by atoms with Crippen LogP contribution in [0.15, 0.2) is 0 Å². The van der Waals surface area contributed by atoms with Gasteiger partial charge in [-0.1, -0.05) is 25.7 Å². The number of nitrogens with one attached hydrogen (secondary N) is 2. The Morgan fingerprint density at radius 2 is 1.70 bits per heavy atom. The predicted molar refractivity (Wildman–Crippen MR) is 89.8 cm³/mol. The van der Waals surface area contributed by atoms with Crippen LogP contribution in [0.3, 0.4) is 0 Å². The number of rotatable bonds is 5. The fourth-order valence-electron chi connectivity index (χ4n) is 4.32. The molecule has 130 valence electrons. The second-order valence-electron chi connectivity index (χ2n) is 7.67. The molecule has 23 heavy (non-hydrogen) atoms. The van der Waals surface area contributed by atoms with Crippen molar-refractivity contribution in [3.8, 4) is 0 Å². The van der Waals surface area contributed by atoms with Gasteiger partial charge in [-0.25, -0.2) is 0 Å². The van der Waals surface area contributed by atoms with Gasteiger partial charge in [-0.15, -0.1) is 0 Å². The number of likely N-dealkylation sites (tertiary alicyclic amines) is 1. The summed E-state index contributed by atoms with van der Waals surface area (Å²) in [5.41, 5.74) is 0. The highest BCUT2D eigenvalue weighted by molar-refractivity contribution is 5.79. The van der Waals surface area contributed by atoms with E-state index in [0.717, 1.165) is 31.8 Å². The number of likely N-dealkylation sites (N-methyl/N-ethyl adjacent to an activating group) is 1. The van der Waals surface area contributed by atoms with Gasteiger partial charge in [0.15, 0.2) is 0 Å². The lowest BCUT2D eigenvalue weighted by atomic mass is 9.95. The zero-order chi connectivity index (χ0) is 16.2. The quantitative estimate of drug-likeness (QED) is 0.755. The minimum Gasteiger partial charge on any atom is -0.358 e. The van der Waals surface area contributed by atoms with Crippen molar-refractivity contribution < 1.29 is 9.59 Å². The van der Waals surface area contributed by atoms with E-state index >= 15 is 0 Å². The van der Waals surface area contributed by atoms with Gasteiger partial charge >= 0.3 is 0 Å². The van der Waals surface area contributed by atoms with E-state index in [4.69, 9.17) is 0 Å². The summed E-state index contributed by atoms with van der Waals surface area (Å²) < 4.78 is 0. The van der Waals surface area contributed by atoms with Crippen molar-refractivity contribution in [2.24, 2.45) is 17.8 Å². The van der Waals surface area contributed by atoms with Crippen molar-refractivity contribution in [2.75, 3.05) is 26.7 Å². The molecule has 2 aliphatic carbocycles. The van der Waals surface area contributed by atoms with E-state index in [2.05, 4.69) is 15.5 Å². The van der Waals surface area contributed by atoms with Crippen LogP contribution in [0, 0.1) is 17.8 Å². The Morgan fingerprint density at radius 3 is 2.30 bits per heavy atom. The summed E-state index contributed by atoms with van der Waals surface area (Å²) in [6, 6.07) is 0.239. The Morgan fingerprint density at radius 1 is 1.00 bits per heavy atom. The molecule has 0 aromatic rings. The maximum Gasteiger partial charge on any atom is 0.233 e. The van der Waals surface area contributed by atoms with Gasteiger partial charge in [0.2, 0.25) is 11.8 Å². The van der Waals surface area contributed by atoms with E-state index in [1.54, 1.807) is 7.05 Å². The van der Waals surface area contributed by atoms with E-state index in [1.165, 1.54) is 38.5 Å². The summed E-state index contributed by atoms with van der Waals surface area (Å²) in [5, 5.41) is 6.05. The van der Waals surface area contributed by atoms with Gasteiger partial charge in [-0.05, 0) is 37.5 Å². The van der Waals surface area contributed by atoms with Crippen LogP contribution in [0.25, 0.3) is 0 Å². The molecule has 2 atom stereocenters. The molecule has 3 aliphatic rings. The standard InChI is InChI=1S/C18H31N3O2/c1-19-17(22)12-21-10-15(13-8-9-13)16(11-21)20-18(23)14-6-4-2-3-5-7-14/h13-16H,2-12H2,1H3,(H,19,22)(H,20,23)/t15-,16+/m0/s1. The summed E-state index contributed by atoms with van der Waals surface area (Å²) in [7, 11) is 1.68. The van der Waals surface area contributed by atoms with Gasteiger partial charge in [-0.2, -0.15) is 0 Å². The van der Waals surface area contributed by atoms with Crippen LogP contribution in [0.5, 0.6) is 0 Å². The minimum absolute atomic E-state index is 0.0651. The fraction of sp³-hybridized carbons (Fsp3) is 0.889. The molecule has 5 nitrogen and oxygen atoms in total. The lowest BCUT2D eigenvalue weighted by Gasteiger charge is -2.23. The smallest absolute Gasteiger partial charge is 0.233 e. The Labute approximate surface area is 139 Å². The van der Waals surface area contributed by atoms with Gasteiger partial charge in [0, 0.05) is 32.1 Å². The molecule has 0 radical (unpaired) electrons. The van der Waals surface area contributed by atoms with Gasteiger partial charge in [-0.3, -0.25) is 14.5 Å². The first-order chi connectivity index (χ1) is 11.2. The Hall–Kier alpha value is -1.10. The highest BCUT2D eigenvalue weighted by Gasteiger charge is 2.43. The van der Waals surface area contributed by atoms with Crippen LogP contribution < -0.4 is 10.6 Å². The second kappa shape index (κ2) is 7.65. The van der Waals surface area contributed by atoms with Gasteiger partial charge < -0.3 is 10.6 Å². The fourth-order valence-corrected chi connectivity index (χ4v) is 4.32. The van der Waals surface area contributed by atoms with E-state index < -0.39 is 0 Å². The maximum absolute atomic E-state index is 12.7. The van der Waals surface area contributed by atoms with Gasteiger partial charge in [0.1, 0.15) is 0 Å². The van der Waals surface area contributed by atoms with Crippen molar-refractivity contribution in [1.82, 2.24) is 15.5 Å². The topological polar surface area (TPSA) is 61.4 Å². The number of hydrogen-bond donors (Lipinski definition) is 2. The van der Waals surface area contributed by atoms with Crippen molar-refractivity contribution in [3.63, 3.8) is 0 Å². The lowest BCUT2D eigenvalue weighted by Crippen LogP contribution is -2.44. The first-order valence-corrected chi connectivity index (χ1v) is 9.40. The third-order valence-corrected chi connectivity index (χ3v) is 5.87. The van der Waals surface area contributed by atoms with Crippen LogP contribution in [-0.4, -0.2) is 49.4 Å². The molecule has 3 rings (SSSR count). The average Bonchev–Trinajstić information content (AvgIpc) is 3.34. The number of nitrogens with zero attached hydrogens (tertiary/aromatic N) is 1. The number of carbonyl (C=O) groups excluding carboxylic acids is 2. The molecule has 0 aromatic heterocycles. The maximum atomic E-state index is 12.7. The normalized spacial score (nSPS) is 30.0. The number of carbonyl (C=O) groups is 2. The molecule has 2 N–H and O–H groups in total. The third-order valence-electron chi connectivity index (χ3n) is 5.87. The summed E-state index contributed by atoms with van der Waals surface area (Å²) in [5.74, 6) is 1.84. The largest absolute Gasteiger partial charge is 0.358 e. The number of hydrogen-bond acceptors (Lipinski definition) is 3. The molecule has 2 saturated carbocycles. The molecule has 2 amide bonds. The molecule has 0 unspecified atom stereocenters. The van der Waals surface area contributed by atoms with Crippen molar-refractivity contribution >= 4 is 11.8 Å². The molecule has 0 aromatic carbocycles. The Balaban J connectivity index is 1.56. The zero-order valence-electron chi connectivity index (χ0n) is 14.4. The molecule has 1 aliphatic heterocycles. The molecule has 5 heteroatoms. The van der Waals surface area contributed by atoms with Crippen LogP contribution in [0.2, 0.25) is 0 Å². The van der Waals surface area contributed by atoms with E-state index in [1.807, 2.05) is 0 Å². The van der Waals surface area contributed by atoms with Crippen LogP contribution in [0.4, 0.5) is 0 Å². The van der Waals surface area contributed by atoms with E-state index in [9.17, 15) is 9.59 Å². The third kappa shape index (κ3) is 4.46. The molecule has 0 spiro atoms. The Bertz CT molecular complexity index is 428. The average molecular weight is 321 g/mol. The molecule has 0 bridgehead atoms. The summed E-state index contributed by atoms with van der Waals surface area (Å²) in [4.78, 5) is 26.5. The zero-order valence-corrected chi connectivity index (χ0v) is 14.4. The van der Waals surface area contributed by atoms with Crippen LogP contribution >= 0.6 is 0 Å². The molecular weight excluding hydrogens is 290 g/mol. The van der Waals surface area contributed by atoms with Crippen LogP contribution in [-0.2, 0) is 9.59 Å². The van der Waals surface area contributed by atoms with E-state index in [0.29, 0.717) is 12.5 Å². The second-order valence-corrected chi connectivity index (χ2v) is 7.67. The first kappa shape index (κ1) is 16.7. The van der Waals surface area contributed by atoms with Crippen molar-refractivity contribution in [2.45, 2.75) is 57.4 Å².